The van der Waals surface area contributed by atoms with Gasteiger partial charge in [-0.1, -0.05) is 29.3 Å². The molecule has 3 heterocycles. The number of hydrogen-bond acceptors (Lipinski definition) is 5. The van der Waals surface area contributed by atoms with Gasteiger partial charge < -0.3 is 9.80 Å². The number of aromatic amines is 1. The number of halogens is 2. The van der Waals surface area contributed by atoms with Gasteiger partial charge >= 0.3 is 5.69 Å². The number of likely N-dealkylation sites (N-methyl/N-ethyl adjacent to an activating group) is 1. The molecule has 3 aromatic rings. The number of aromatic nitrogens is 4. The average molecular weight is 423 g/mol. The monoisotopic (exact) mass is 422 g/mol. The summed E-state index contributed by atoms with van der Waals surface area (Å²) in [6, 6.07) is 5.37. The van der Waals surface area contributed by atoms with Gasteiger partial charge in [-0.15, -0.1) is 0 Å². The Labute approximate surface area is 170 Å². The van der Waals surface area contributed by atoms with Gasteiger partial charge in [0.1, 0.15) is 0 Å². The molecule has 1 N–H and O–H groups in total. The minimum absolute atomic E-state index is 0.363. The van der Waals surface area contributed by atoms with Gasteiger partial charge in [0.15, 0.2) is 11.2 Å². The fourth-order valence-electron chi connectivity index (χ4n) is 3.44. The number of H-pyrrole nitrogens is 1. The summed E-state index contributed by atoms with van der Waals surface area (Å²) >= 11 is 12.2. The zero-order valence-electron chi connectivity index (χ0n) is 15.6. The maximum absolute atomic E-state index is 12.6. The predicted octanol–water partition coefficient (Wildman–Crippen LogP) is 1.53. The van der Waals surface area contributed by atoms with Crippen molar-refractivity contribution >= 4 is 40.3 Å². The summed E-state index contributed by atoms with van der Waals surface area (Å²) in [5.74, 6) is 0.667. The Balaban J connectivity index is 1.89. The summed E-state index contributed by atoms with van der Waals surface area (Å²) in [4.78, 5) is 36.1. The highest BCUT2D eigenvalue weighted by molar-refractivity contribution is 6.42. The van der Waals surface area contributed by atoms with E-state index in [1.807, 2.05) is 10.6 Å². The Bertz CT molecular complexity index is 1160. The maximum atomic E-state index is 12.6. The van der Waals surface area contributed by atoms with Crippen molar-refractivity contribution in [3.8, 4) is 0 Å². The first-order chi connectivity index (χ1) is 13.3. The van der Waals surface area contributed by atoms with Crippen molar-refractivity contribution in [2.45, 2.75) is 6.54 Å². The number of nitrogens with one attached hydrogen (secondary N) is 1. The van der Waals surface area contributed by atoms with E-state index in [1.54, 1.807) is 19.2 Å². The fraction of sp³-hybridized carbons (Fsp3) is 0.389. The number of nitrogens with zero attached hydrogens (tertiary/aromatic N) is 5. The molecule has 0 bridgehead atoms. The SMILES string of the molecule is CN1CCN(c2nc3c(c(=O)[nH]c(=O)n3C)n2Cc2ccc(Cl)c(Cl)c2)CC1. The third kappa shape index (κ3) is 3.32. The van der Waals surface area contributed by atoms with Crippen LogP contribution in [0.4, 0.5) is 5.95 Å². The van der Waals surface area contributed by atoms with Crippen molar-refractivity contribution in [2.75, 3.05) is 38.1 Å². The number of anilines is 1. The van der Waals surface area contributed by atoms with Crippen molar-refractivity contribution in [3.05, 3.63) is 54.6 Å². The van der Waals surface area contributed by atoms with Crippen LogP contribution in [-0.4, -0.2) is 57.2 Å². The van der Waals surface area contributed by atoms with Crippen LogP contribution in [0.5, 0.6) is 0 Å². The van der Waals surface area contributed by atoms with Crippen molar-refractivity contribution in [2.24, 2.45) is 7.05 Å². The average Bonchev–Trinajstić information content (AvgIpc) is 3.03. The zero-order chi connectivity index (χ0) is 20.0. The smallest absolute Gasteiger partial charge is 0.329 e. The maximum Gasteiger partial charge on any atom is 0.329 e. The molecule has 0 aliphatic carbocycles. The fourth-order valence-corrected chi connectivity index (χ4v) is 3.76. The van der Waals surface area contributed by atoms with Gasteiger partial charge in [-0.25, -0.2) is 4.79 Å². The molecule has 1 aliphatic heterocycles. The lowest BCUT2D eigenvalue weighted by molar-refractivity contribution is 0.310. The number of hydrogen-bond donors (Lipinski definition) is 1. The van der Waals surface area contributed by atoms with Gasteiger partial charge in [0.05, 0.1) is 16.6 Å². The number of imidazole rings is 1. The van der Waals surface area contributed by atoms with Crippen molar-refractivity contribution < 1.29 is 0 Å². The van der Waals surface area contributed by atoms with Crippen LogP contribution < -0.4 is 16.1 Å². The van der Waals surface area contributed by atoms with Crippen LogP contribution >= 0.6 is 23.2 Å². The van der Waals surface area contributed by atoms with Gasteiger partial charge in [-0.05, 0) is 24.7 Å². The molecule has 0 saturated carbocycles. The lowest BCUT2D eigenvalue weighted by Crippen LogP contribution is -2.45. The van der Waals surface area contributed by atoms with Gasteiger partial charge in [-0.3, -0.25) is 18.9 Å². The number of fused-ring (bicyclic) bond motifs is 1. The zero-order valence-corrected chi connectivity index (χ0v) is 17.1. The summed E-state index contributed by atoms with van der Waals surface area (Å²) < 4.78 is 3.21. The Kier molecular flexibility index (Phi) is 4.95. The van der Waals surface area contributed by atoms with E-state index >= 15 is 0 Å². The first kappa shape index (κ1) is 19.0. The van der Waals surface area contributed by atoms with Crippen LogP contribution in [0.3, 0.4) is 0 Å². The van der Waals surface area contributed by atoms with Crippen molar-refractivity contribution in [1.82, 2.24) is 24.0 Å². The molecule has 148 valence electrons. The summed E-state index contributed by atoms with van der Waals surface area (Å²) in [6.45, 7) is 3.74. The second kappa shape index (κ2) is 7.27. The first-order valence-electron chi connectivity index (χ1n) is 8.92. The van der Waals surface area contributed by atoms with E-state index in [2.05, 4.69) is 26.8 Å². The standard InChI is InChI=1S/C18H20Cl2N6O2/c1-23-5-7-25(8-6-23)17-21-15-14(16(27)22-18(28)24(15)2)26(17)10-11-3-4-12(19)13(20)9-11/h3-4,9H,5-8,10H2,1-2H3,(H,22,27,28). The molecule has 0 spiro atoms. The first-order valence-corrected chi connectivity index (χ1v) is 9.67. The Hall–Kier alpha value is -2.29. The molecule has 8 nitrogen and oxygen atoms in total. The van der Waals surface area contributed by atoms with E-state index in [0.29, 0.717) is 33.7 Å². The van der Waals surface area contributed by atoms with E-state index < -0.39 is 11.2 Å². The highest BCUT2D eigenvalue weighted by Crippen LogP contribution is 2.26. The number of benzene rings is 1. The lowest BCUT2D eigenvalue weighted by atomic mass is 10.2. The van der Waals surface area contributed by atoms with Crippen LogP contribution in [0.15, 0.2) is 27.8 Å². The molecule has 1 saturated heterocycles. The molecule has 0 atom stereocenters. The molecule has 1 aliphatic rings. The lowest BCUT2D eigenvalue weighted by Gasteiger charge is -2.33. The van der Waals surface area contributed by atoms with Crippen LogP contribution in [0, 0.1) is 0 Å². The molecule has 0 radical (unpaired) electrons. The third-order valence-corrected chi connectivity index (χ3v) is 5.84. The summed E-state index contributed by atoms with van der Waals surface area (Å²) in [5, 5.41) is 0.923. The van der Waals surface area contributed by atoms with Crippen molar-refractivity contribution in [3.63, 3.8) is 0 Å². The quantitative estimate of drug-likeness (QED) is 0.692. The van der Waals surface area contributed by atoms with Crippen LogP contribution in [0.2, 0.25) is 10.0 Å². The van der Waals surface area contributed by atoms with E-state index in [0.717, 1.165) is 31.7 Å². The minimum Gasteiger partial charge on any atom is -0.340 e. The van der Waals surface area contributed by atoms with Crippen LogP contribution in [0.1, 0.15) is 5.56 Å². The van der Waals surface area contributed by atoms with E-state index in [1.165, 1.54) is 4.57 Å². The molecular weight excluding hydrogens is 403 g/mol. The molecule has 0 amide bonds. The molecule has 1 fully saturated rings. The van der Waals surface area contributed by atoms with Crippen LogP contribution in [-0.2, 0) is 13.6 Å². The second-order valence-electron chi connectivity index (χ2n) is 7.03. The van der Waals surface area contributed by atoms with Crippen molar-refractivity contribution in [1.29, 1.82) is 0 Å². The van der Waals surface area contributed by atoms with Gasteiger partial charge in [0.25, 0.3) is 5.56 Å². The Morgan fingerprint density at radius 1 is 1.07 bits per heavy atom. The third-order valence-electron chi connectivity index (χ3n) is 5.10. The Morgan fingerprint density at radius 3 is 2.46 bits per heavy atom. The van der Waals surface area contributed by atoms with E-state index in [-0.39, 0.29) is 0 Å². The molecule has 1 aromatic carbocycles. The molecule has 10 heteroatoms. The minimum atomic E-state index is -0.485. The molecule has 2 aromatic heterocycles. The predicted molar refractivity (Wildman–Crippen MR) is 111 cm³/mol. The summed E-state index contributed by atoms with van der Waals surface area (Å²) in [5.41, 5.74) is 0.676. The van der Waals surface area contributed by atoms with Crippen LogP contribution in [0.25, 0.3) is 11.2 Å². The summed E-state index contributed by atoms with van der Waals surface area (Å²) in [6.07, 6.45) is 0. The van der Waals surface area contributed by atoms with Gasteiger partial charge in [0, 0.05) is 33.2 Å². The van der Waals surface area contributed by atoms with Gasteiger partial charge in [0.2, 0.25) is 5.95 Å². The molecular formula is C18H20Cl2N6O2. The highest BCUT2D eigenvalue weighted by Gasteiger charge is 2.24. The largest absolute Gasteiger partial charge is 0.340 e. The van der Waals surface area contributed by atoms with E-state index in [9.17, 15) is 9.59 Å². The normalized spacial score (nSPS) is 15.5. The molecule has 28 heavy (non-hydrogen) atoms. The molecule has 4 rings (SSSR count). The number of aryl methyl sites for hydroxylation is 1. The highest BCUT2D eigenvalue weighted by atomic mass is 35.5. The Morgan fingerprint density at radius 2 is 1.79 bits per heavy atom. The second-order valence-corrected chi connectivity index (χ2v) is 7.84. The van der Waals surface area contributed by atoms with E-state index in [4.69, 9.17) is 23.2 Å². The number of rotatable bonds is 3. The van der Waals surface area contributed by atoms with Gasteiger partial charge in [-0.2, -0.15) is 4.98 Å². The number of piperazine rings is 1. The topological polar surface area (TPSA) is 79.2 Å². The molecule has 0 unspecified atom stereocenters. The summed E-state index contributed by atoms with van der Waals surface area (Å²) in [7, 11) is 3.68.